The van der Waals surface area contributed by atoms with Crippen LogP contribution in [-0.4, -0.2) is 37.8 Å². The predicted octanol–water partition coefficient (Wildman–Crippen LogP) is 4.11. The van der Waals surface area contributed by atoms with Crippen LogP contribution >= 0.6 is 11.8 Å². The Hall–Kier alpha value is -2.47. The molecule has 0 bridgehead atoms. The molecule has 1 atom stereocenters. The average Bonchev–Trinajstić information content (AvgIpc) is 2.63. The first-order valence-corrected chi connectivity index (χ1v) is 9.81. The number of hydrogen-bond donors (Lipinski definition) is 1. The van der Waals surface area contributed by atoms with Crippen molar-refractivity contribution < 1.29 is 14.3 Å². The smallest absolute Gasteiger partial charge is 0.307 e. The summed E-state index contributed by atoms with van der Waals surface area (Å²) in [5.74, 6) is -0.102. The van der Waals surface area contributed by atoms with Gasteiger partial charge in [0, 0.05) is 36.1 Å². The number of nitrogens with zero attached hydrogens (tertiary/aromatic N) is 1. The van der Waals surface area contributed by atoms with E-state index in [1.807, 2.05) is 74.4 Å². The first kappa shape index (κ1) is 20.8. The standard InChI is InChI=1S/C21H26N2O3S/c1-15-5-11-19(12-6-15)27-14-13-20(24)26-16(2)21(25)22-17-7-9-18(10-8-17)23(3)4/h5-12,16H,13-14H2,1-4H3,(H,22,25)/t16-/m0/s1. The lowest BCUT2D eigenvalue weighted by Gasteiger charge is -2.15. The normalized spacial score (nSPS) is 11.6. The van der Waals surface area contributed by atoms with Crippen molar-refractivity contribution >= 4 is 35.0 Å². The molecule has 0 radical (unpaired) electrons. The molecule has 1 amide bonds. The number of anilines is 2. The van der Waals surface area contributed by atoms with E-state index < -0.39 is 6.10 Å². The third-order valence-electron chi connectivity index (χ3n) is 3.92. The Labute approximate surface area is 165 Å². The van der Waals surface area contributed by atoms with Gasteiger partial charge in [-0.3, -0.25) is 9.59 Å². The summed E-state index contributed by atoms with van der Waals surface area (Å²) in [7, 11) is 3.90. The van der Waals surface area contributed by atoms with Crippen LogP contribution in [-0.2, 0) is 14.3 Å². The van der Waals surface area contributed by atoms with Gasteiger partial charge in [0.25, 0.3) is 5.91 Å². The minimum Gasteiger partial charge on any atom is -0.453 e. The van der Waals surface area contributed by atoms with E-state index in [0.717, 1.165) is 10.6 Å². The topological polar surface area (TPSA) is 58.6 Å². The van der Waals surface area contributed by atoms with Crippen LogP contribution in [0.25, 0.3) is 0 Å². The van der Waals surface area contributed by atoms with E-state index in [1.54, 1.807) is 18.7 Å². The van der Waals surface area contributed by atoms with Gasteiger partial charge in [0.15, 0.2) is 6.10 Å². The fraction of sp³-hybridized carbons (Fsp3) is 0.333. The van der Waals surface area contributed by atoms with E-state index in [-0.39, 0.29) is 18.3 Å². The number of amides is 1. The number of aryl methyl sites for hydroxylation is 1. The number of nitrogens with one attached hydrogen (secondary N) is 1. The predicted molar refractivity (Wildman–Crippen MR) is 111 cm³/mol. The van der Waals surface area contributed by atoms with Gasteiger partial charge in [-0.2, -0.15) is 0 Å². The van der Waals surface area contributed by atoms with Crippen LogP contribution in [0, 0.1) is 6.92 Å². The van der Waals surface area contributed by atoms with Crippen molar-refractivity contribution in [1.82, 2.24) is 0 Å². The van der Waals surface area contributed by atoms with Crippen LogP contribution in [0.1, 0.15) is 18.9 Å². The number of hydrogen-bond acceptors (Lipinski definition) is 5. The molecular weight excluding hydrogens is 360 g/mol. The molecule has 2 aromatic rings. The fourth-order valence-electron chi connectivity index (χ4n) is 2.28. The van der Waals surface area contributed by atoms with Crippen LogP contribution in [0.15, 0.2) is 53.4 Å². The van der Waals surface area contributed by atoms with Crippen LogP contribution in [0.4, 0.5) is 11.4 Å². The molecule has 0 aliphatic rings. The minimum atomic E-state index is -0.838. The molecule has 1 N–H and O–H groups in total. The number of thioether (sulfide) groups is 1. The maximum Gasteiger partial charge on any atom is 0.307 e. The van der Waals surface area contributed by atoms with Crippen LogP contribution in [0.3, 0.4) is 0 Å². The lowest BCUT2D eigenvalue weighted by molar-refractivity contribution is -0.152. The van der Waals surface area contributed by atoms with Gasteiger partial charge in [-0.05, 0) is 50.2 Å². The first-order valence-electron chi connectivity index (χ1n) is 8.82. The second kappa shape index (κ2) is 10.0. The van der Waals surface area contributed by atoms with Crippen LogP contribution in [0.5, 0.6) is 0 Å². The van der Waals surface area contributed by atoms with Gasteiger partial charge in [0.05, 0.1) is 6.42 Å². The monoisotopic (exact) mass is 386 g/mol. The van der Waals surface area contributed by atoms with Crippen molar-refractivity contribution in [2.45, 2.75) is 31.3 Å². The number of ether oxygens (including phenoxy) is 1. The molecular formula is C21H26N2O3S. The lowest BCUT2D eigenvalue weighted by Crippen LogP contribution is -2.30. The van der Waals surface area contributed by atoms with Gasteiger partial charge in [-0.15, -0.1) is 11.8 Å². The first-order chi connectivity index (χ1) is 12.8. The summed E-state index contributed by atoms with van der Waals surface area (Å²) in [5, 5.41) is 2.76. The summed E-state index contributed by atoms with van der Waals surface area (Å²) in [6, 6.07) is 15.6. The molecule has 0 saturated carbocycles. The second-order valence-corrected chi connectivity index (χ2v) is 7.64. The number of rotatable bonds is 8. The summed E-state index contributed by atoms with van der Waals surface area (Å²) in [4.78, 5) is 27.2. The highest BCUT2D eigenvalue weighted by molar-refractivity contribution is 7.99. The number of benzene rings is 2. The molecule has 0 saturated heterocycles. The van der Waals surface area contributed by atoms with Gasteiger partial charge >= 0.3 is 5.97 Å². The molecule has 0 aliphatic carbocycles. The Kier molecular flexibility index (Phi) is 7.73. The Bertz CT molecular complexity index is 758. The lowest BCUT2D eigenvalue weighted by atomic mass is 10.2. The Morgan fingerprint density at radius 1 is 1.07 bits per heavy atom. The number of carbonyl (C=O) groups is 2. The molecule has 0 heterocycles. The van der Waals surface area contributed by atoms with Crippen molar-refractivity contribution in [2.24, 2.45) is 0 Å². The van der Waals surface area contributed by atoms with Gasteiger partial charge < -0.3 is 15.0 Å². The molecule has 0 aromatic heterocycles. The summed E-state index contributed by atoms with van der Waals surface area (Å²) >= 11 is 1.59. The Balaban J connectivity index is 1.74. The molecule has 144 valence electrons. The molecule has 0 fully saturated rings. The fourth-order valence-corrected chi connectivity index (χ4v) is 3.12. The molecule has 0 spiro atoms. The van der Waals surface area contributed by atoms with E-state index in [0.29, 0.717) is 11.4 Å². The van der Waals surface area contributed by atoms with E-state index >= 15 is 0 Å². The molecule has 0 aliphatic heterocycles. The third-order valence-corrected chi connectivity index (χ3v) is 4.94. The number of esters is 1. The summed E-state index contributed by atoms with van der Waals surface area (Å²) in [5.41, 5.74) is 2.91. The second-order valence-electron chi connectivity index (χ2n) is 6.47. The quantitative estimate of drug-likeness (QED) is 0.546. The summed E-state index contributed by atoms with van der Waals surface area (Å²) in [6.07, 6.45) is -0.580. The van der Waals surface area contributed by atoms with Crippen molar-refractivity contribution in [2.75, 3.05) is 30.1 Å². The molecule has 5 nitrogen and oxygen atoms in total. The maximum atomic E-state index is 12.2. The Morgan fingerprint density at radius 2 is 1.70 bits per heavy atom. The van der Waals surface area contributed by atoms with E-state index in [9.17, 15) is 9.59 Å². The van der Waals surface area contributed by atoms with Crippen molar-refractivity contribution in [1.29, 1.82) is 0 Å². The minimum absolute atomic E-state index is 0.258. The van der Waals surface area contributed by atoms with E-state index in [1.165, 1.54) is 5.56 Å². The zero-order valence-electron chi connectivity index (χ0n) is 16.2. The van der Waals surface area contributed by atoms with E-state index in [2.05, 4.69) is 5.32 Å². The maximum absolute atomic E-state index is 12.2. The molecule has 2 aromatic carbocycles. The van der Waals surface area contributed by atoms with Crippen LogP contribution in [0.2, 0.25) is 0 Å². The zero-order chi connectivity index (χ0) is 19.8. The summed E-state index contributed by atoms with van der Waals surface area (Å²) < 4.78 is 5.23. The van der Waals surface area contributed by atoms with Gasteiger partial charge in [0.2, 0.25) is 0 Å². The third kappa shape index (κ3) is 6.98. The molecule has 6 heteroatoms. The molecule has 2 rings (SSSR count). The zero-order valence-corrected chi connectivity index (χ0v) is 17.0. The van der Waals surface area contributed by atoms with Crippen molar-refractivity contribution in [3.8, 4) is 0 Å². The van der Waals surface area contributed by atoms with Crippen molar-refractivity contribution in [3.63, 3.8) is 0 Å². The Morgan fingerprint density at radius 3 is 2.30 bits per heavy atom. The average molecular weight is 387 g/mol. The van der Waals surface area contributed by atoms with E-state index in [4.69, 9.17) is 4.74 Å². The van der Waals surface area contributed by atoms with Gasteiger partial charge in [-0.25, -0.2) is 0 Å². The largest absolute Gasteiger partial charge is 0.453 e. The molecule has 27 heavy (non-hydrogen) atoms. The van der Waals surface area contributed by atoms with Gasteiger partial charge in [-0.1, -0.05) is 17.7 Å². The summed E-state index contributed by atoms with van der Waals surface area (Å²) in [6.45, 7) is 3.61. The van der Waals surface area contributed by atoms with Crippen LogP contribution < -0.4 is 10.2 Å². The highest BCUT2D eigenvalue weighted by atomic mass is 32.2. The highest BCUT2D eigenvalue weighted by Gasteiger charge is 2.17. The SMILES string of the molecule is Cc1ccc(SCCC(=O)O[C@@H](C)C(=O)Nc2ccc(N(C)C)cc2)cc1. The highest BCUT2D eigenvalue weighted by Crippen LogP contribution is 2.19. The molecule has 0 unspecified atom stereocenters. The number of carbonyl (C=O) groups excluding carboxylic acids is 2. The van der Waals surface area contributed by atoms with Gasteiger partial charge in [0.1, 0.15) is 0 Å². The van der Waals surface area contributed by atoms with Crippen molar-refractivity contribution in [3.05, 3.63) is 54.1 Å².